The van der Waals surface area contributed by atoms with Crippen LogP contribution in [0.4, 0.5) is 5.69 Å². The SMILES string of the molecule is CC(C)(C)CC(C)(C)NC(=O)c1cc(N)ccc1Br. The number of carbonyl (C=O) groups excluding carboxylic acids is 1. The molecule has 0 heterocycles. The van der Waals surface area contributed by atoms with Gasteiger partial charge in [0, 0.05) is 15.7 Å². The molecule has 0 spiro atoms. The highest BCUT2D eigenvalue weighted by Crippen LogP contribution is 2.28. The summed E-state index contributed by atoms with van der Waals surface area (Å²) in [6.45, 7) is 10.6. The Hall–Kier alpha value is -1.03. The van der Waals surface area contributed by atoms with Crippen LogP contribution in [0.3, 0.4) is 0 Å². The van der Waals surface area contributed by atoms with Crippen LogP contribution in [0.5, 0.6) is 0 Å². The Morgan fingerprint density at radius 1 is 1.26 bits per heavy atom. The number of carbonyl (C=O) groups is 1. The van der Waals surface area contributed by atoms with Gasteiger partial charge in [0.1, 0.15) is 0 Å². The fourth-order valence-electron chi connectivity index (χ4n) is 2.46. The van der Waals surface area contributed by atoms with Gasteiger partial charge in [0.15, 0.2) is 0 Å². The van der Waals surface area contributed by atoms with E-state index >= 15 is 0 Å². The molecular weight excluding hydrogens is 304 g/mol. The van der Waals surface area contributed by atoms with Crippen LogP contribution >= 0.6 is 15.9 Å². The molecule has 0 unspecified atom stereocenters. The number of halogens is 1. The van der Waals surface area contributed by atoms with Crippen LogP contribution in [0.2, 0.25) is 0 Å². The van der Waals surface area contributed by atoms with Gasteiger partial charge in [-0.3, -0.25) is 4.79 Å². The van der Waals surface area contributed by atoms with E-state index in [0.717, 1.165) is 10.9 Å². The maximum Gasteiger partial charge on any atom is 0.252 e. The first-order chi connectivity index (χ1) is 8.50. The highest BCUT2D eigenvalue weighted by atomic mass is 79.9. The molecule has 0 aliphatic heterocycles. The molecule has 0 saturated heterocycles. The van der Waals surface area contributed by atoms with E-state index in [2.05, 4.69) is 42.0 Å². The third-order valence-corrected chi connectivity index (χ3v) is 3.35. The summed E-state index contributed by atoms with van der Waals surface area (Å²) in [6.07, 6.45) is 0.895. The maximum absolute atomic E-state index is 12.3. The van der Waals surface area contributed by atoms with Gasteiger partial charge in [0.05, 0.1) is 5.56 Å². The van der Waals surface area contributed by atoms with Gasteiger partial charge in [-0.25, -0.2) is 0 Å². The van der Waals surface area contributed by atoms with Crippen molar-refractivity contribution in [2.75, 3.05) is 5.73 Å². The molecule has 1 rings (SSSR count). The molecule has 106 valence electrons. The summed E-state index contributed by atoms with van der Waals surface area (Å²) in [5.41, 5.74) is 6.78. The van der Waals surface area contributed by atoms with Crippen molar-refractivity contribution in [3.05, 3.63) is 28.2 Å². The fourth-order valence-corrected chi connectivity index (χ4v) is 2.89. The van der Waals surface area contributed by atoms with Gasteiger partial charge in [-0.1, -0.05) is 20.8 Å². The second-order valence-corrected chi connectivity index (χ2v) is 7.67. The summed E-state index contributed by atoms with van der Waals surface area (Å²) >= 11 is 3.38. The lowest BCUT2D eigenvalue weighted by Gasteiger charge is -2.33. The van der Waals surface area contributed by atoms with E-state index in [1.165, 1.54) is 0 Å². The predicted octanol–water partition coefficient (Wildman–Crippen LogP) is 3.98. The monoisotopic (exact) mass is 326 g/mol. The van der Waals surface area contributed by atoms with E-state index < -0.39 is 0 Å². The third-order valence-electron chi connectivity index (χ3n) is 2.66. The van der Waals surface area contributed by atoms with Crippen LogP contribution in [-0.4, -0.2) is 11.4 Å². The normalized spacial score (nSPS) is 12.3. The van der Waals surface area contributed by atoms with Crippen molar-refractivity contribution in [3.8, 4) is 0 Å². The molecule has 0 saturated carbocycles. The van der Waals surface area contributed by atoms with Gasteiger partial charge in [-0.2, -0.15) is 0 Å². The highest BCUT2D eigenvalue weighted by molar-refractivity contribution is 9.10. The van der Waals surface area contributed by atoms with Crippen LogP contribution in [-0.2, 0) is 0 Å². The molecule has 3 nitrogen and oxygen atoms in total. The topological polar surface area (TPSA) is 55.1 Å². The smallest absolute Gasteiger partial charge is 0.252 e. The summed E-state index contributed by atoms with van der Waals surface area (Å²) in [5.74, 6) is -0.103. The molecule has 1 aromatic carbocycles. The van der Waals surface area contributed by atoms with Gasteiger partial charge in [0.2, 0.25) is 0 Å². The van der Waals surface area contributed by atoms with Crippen molar-refractivity contribution in [1.82, 2.24) is 5.32 Å². The average molecular weight is 327 g/mol. The molecule has 1 amide bonds. The van der Waals surface area contributed by atoms with Crippen molar-refractivity contribution in [2.45, 2.75) is 46.6 Å². The Kier molecular flexibility index (Phi) is 4.67. The van der Waals surface area contributed by atoms with Crippen molar-refractivity contribution >= 4 is 27.5 Å². The van der Waals surface area contributed by atoms with E-state index in [-0.39, 0.29) is 16.9 Å². The van der Waals surface area contributed by atoms with Crippen LogP contribution in [0.25, 0.3) is 0 Å². The summed E-state index contributed by atoms with van der Waals surface area (Å²) in [6, 6.07) is 5.24. The lowest BCUT2D eigenvalue weighted by molar-refractivity contribution is 0.0890. The zero-order valence-corrected chi connectivity index (χ0v) is 13.9. The summed E-state index contributed by atoms with van der Waals surface area (Å²) < 4.78 is 0.755. The second-order valence-electron chi connectivity index (χ2n) is 6.81. The van der Waals surface area contributed by atoms with Crippen molar-refractivity contribution < 1.29 is 4.79 Å². The molecule has 0 bridgehead atoms. The van der Waals surface area contributed by atoms with Crippen molar-refractivity contribution in [1.29, 1.82) is 0 Å². The minimum atomic E-state index is -0.265. The zero-order chi connectivity index (χ0) is 14.8. The predicted molar refractivity (Wildman–Crippen MR) is 84.2 cm³/mol. The maximum atomic E-state index is 12.3. The third kappa shape index (κ3) is 5.23. The van der Waals surface area contributed by atoms with E-state index in [1.807, 2.05) is 13.8 Å². The number of benzene rings is 1. The van der Waals surface area contributed by atoms with Crippen LogP contribution in [0, 0.1) is 5.41 Å². The van der Waals surface area contributed by atoms with E-state index in [1.54, 1.807) is 18.2 Å². The molecule has 1 aromatic rings. The number of rotatable bonds is 3. The number of nitrogens with one attached hydrogen (secondary N) is 1. The zero-order valence-electron chi connectivity index (χ0n) is 12.3. The number of nitrogens with two attached hydrogens (primary N) is 1. The Labute approximate surface area is 124 Å². The van der Waals surface area contributed by atoms with E-state index in [4.69, 9.17) is 5.73 Å². The highest BCUT2D eigenvalue weighted by Gasteiger charge is 2.27. The van der Waals surface area contributed by atoms with E-state index in [0.29, 0.717) is 11.3 Å². The molecule has 4 heteroatoms. The minimum Gasteiger partial charge on any atom is -0.399 e. The first-order valence-corrected chi connectivity index (χ1v) is 7.17. The first-order valence-electron chi connectivity index (χ1n) is 6.38. The van der Waals surface area contributed by atoms with Gasteiger partial charge in [-0.05, 0) is 59.8 Å². The molecular formula is C15H23BrN2O. The van der Waals surface area contributed by atoms with Gasteiger partial charge < -0.3 is 11.1 Å². The number of anilines is 1. The Morgan fingerprint density at radius 3 is 2.37 bits per heavy atom. The molecule has 19 heavy (non-hydrogen) atoms. The minimum absolute atomic E-state index is 0.103. The molecule has 0 fully saturated rings. The molecule has 0 aliphatic carbocycles. The summed E-state index contributed by atoms with van der Waals surface area (Å²) in [4.78, 5) is 12.3. The van der Waals surface area contributed by atoms with Crippen LogP contribution in [0.1, 0.15) is 51.4 Å². The largest absolute Gasteiger partial charge is 0.399 e. The molecule has 0 atom stereocenters. The van der Waals surface area contributed by atoms with Crippen LogP contribution < -0.4 is 11.1 Å². The molecule has 0 aromatic heterocycles. The number of hydrogen-bond acceptors (Lipinski definition) is 2. The lowest BCUT2D eigenvalue weighted by atomic mass is 9.81. The van der Waals surface area contributed by atoms with Crippen LogP contribution in [0.15, 0.2) is 22.7 Å². The molecule has 3 N–H and O–H groups in total. The Bertz CT molecular complexity index is 476. The fraction of sp³-hybridized carbons (Fsp3) is 0.533. The molecule has 0 radical (unpaired) electrons. The number of nitrogen functional groups attached to an aromatic ring is 1. The summed E-state index contributed by atoms with van der Waals surface area (Å²) in [5, 5.41) is 3.07. The lowest BCUT2D eigenvalue weighted by Crippen LogP contribution is -2.45. The van der Waals surface area contributed by atoms with Crippen molar-refractivity contribution in [3.63, 3.8) is 0 Å². The summed E-state index contributed by atoms with van der Waals surface area (Å²) in [7, 11) is 0. The number of amides is 1. The van der Waals surface area contributed by atoms with Crippen molar-refractivity contribution in [2.24, 2.45) is 5.41 Å². The average Bonchev–Trinajstić information content (AvgIpc) is 2.16. The first kappa shape index (κ1) is 16.0. The Morgan fingerprint density at radius 2 is 1.84 bits per heavy atom. The molecule has 0 aliphatic rings. The standard InChI is InChI=1S/C15H23BrN2O/c1-14(2,3)9-15(4,5)18-13(19)11-8-10(17)6-7-12(11)16/h6-8H,9,17H2,1-5H3,(H,18,19). The Balaban J connectivity index is 2.87. The van der Waals surface area contributed by atoms with E-state index in [9.17, 15) is 4.79 Å². The quantitative estimate of drug-likeness (QED) is 0.825. The van der Waals surface area contributed by atoms with Gasteiger partial charge >= 0.3 is 0 Å². The number of hydrogen-bond donors (Lipinski definition) is 2. The van der Waals surface area contributed by atoms with Gasteiger partial charge in [0.25, 0.3) is 5.91 Å². The van der Waals surface area contributed by atoms with Gasteiger partial charge in [-0.15, -0.1) is 0 Å². The second kappa shape index (κ2) is 5.53.